The lowest BCUT2D eigenvalue weighted by Crippen LogP contribution is -2.21. The molecule has 1 heterocycles. The van der Waals surface area contributed by atoms with Crippen molar-refractivity contribution < 1.29 is 0 Å². The van der Waals surface area contributed by atoms with Crippen LogP contribution >= 0.6 is 27.3 Å². The van der Waals surface area contributed by atoms with Gasteiger partial charge in [0.2, 0.25) is 0 Å². The van der Waals surface area contributed by atoms with Crippen LogP contribution in [0.1, 0.15) is 49.6 Å². The van der Waals surface area contributed by atoms with Gasteiger partial charge in [0.1, 0.15) is 0 Å². The minimum atomic E-state index is 0.497. The second-order valence-corrected chi connectivity index (χ2v) is 7.34. The van der Waals surface area contributed by atoms with Gasteiger partial charge >= 0.3 is 0 Å². The summed E-state index contributed by atoms with van der Waals surface area (Å²) >= 11 is 5.64. The maximum absolute atomic E-state index is 3.73. The lowest BCUT2D eigenvalue weighted by Gasteiger charge is -2.16. The first-order valence-corrected chi connectivity index (χ1v) is 9.36. The van der Waals surface area contributed by atoms with Crippen LogP contribution in [0.2, 0.25) is 0 Å². The first-order valence-electron chi connectivity index (χ1n) is 7.76. The largest absolute Gasteiger partial charge is 0.309 e. The van der Waals surface area contributed by atoms with Gasteiger partial charge in [0.15, 0.2) is 0 Å². The van der Waals surface area contributed by atoms with E-state index in [9.17, 15) is 0 Å². The van der Waals surface area contributed by atoms with Crippen LogP contribution in [0.15, 0.2) is 34.8 Å². The van der Waals surface area contributed by atoms with Gasteiger partial charge in [-0.25, -0.2) is 0 Å². The molecule has 1 atom stereocenters. The summed E-state index contributed by atoms with van der Waals surface area (Å²) in [5.74, 6) is 0. The van der Waals surface area contributed by atoms with Gasteiger partial charge in [0.25, 0.3) is 0 Å². The summed E-state index contributed by atoms with van der Waals surface area (Å²) in [7, 11) is 0. The molecule has 0 spiro atoms. The highest BCUT2D eigenvalue weighted by Crippen LogP contribution is 2.37. The van der Waals surface area contributed by atoms with E-state index in [1.54, 1.807) is 0 Å². The molecule has 0 radical (unpaired) electrons. The highest BCUT2D eigenvalue weighted by Gasteiger charge is 2.14. The number of rotatable bonds is 7. The zero-order valence-corrected chi connectivity index (χ0v) is 15.5. The SMILES string of the molecule is CCCNC(CCC)c1ccc(-c2cccc(C)c2Br)s1. The number of thiophene rings is 1. The molecule has 114 valence electrons. The highest BCUT2D eigenvalue weighted by molar-refractivity contribution is 9.10. The minimum absolute atomic E-state index is 0.497. The average Bonchev–Trinajstić information content (AvgIpc) is 2.96. The van der Waals surface area contributed by atoms with E-state index in [2.05, 4.69) is 72.3 Å². The Kier molecular flexibility index (Phi) is 6.46. The molecule has 0 aliphatic rings. The van der Waals surface area contributed by atoms with Crippen LogP contribution in [-0.4, -0.2) is 6.54 Å². The van der Waals surface area contributed by atoms with E-state index in [1.807, 2.05) is 11.3 Å². The van der Waals surface area contributed by atoms with Crippen molar-refractivity contribution in [3.63, 3.8) is 0 Å². The van der Waals surface area contributed by atoms with Crippen LogP contribution in [-0.2, 0) is 0 Å². The van der Waals surface area contributed by atoms with Crippen molar-refractivity contribution in [2.45, 2.75) is 46.1 Å². The fourth-order valence-electron chi connectivity index (χ4n) is 2.47. The Morgan fingerprint density at radius 3 is 2.67 bits per heavy atom. The molecule has 1 aromatic heterocycles. The molecule has 1 nitrogen and oxygen atoms in total. The molecule has 1 N–H and O–H groups in total. The maximum Gasteiger partial charge on any atom is 0.0414 e. The number of hydrogen-bond donors (Lipinski definition) is 1. The van der Waals surface area contributed by atoms with Crippen LogP contribution in [0.5, 0.6) is 0 Å². The molecule has 1 unspecified atom stereocenters. The maximum atomic E-state index is 3.73. The van der Waals surface area contributed by atoms with E-state index in [0.717, 1.165) is 6.54 Å². The predicted molar refractivity (Wildman–Crippen MR) is 98.1 cm³/mol. The molecule has 1 aromatic carbocycles. The van der Waals surface area contributed by atoms with Gasteiger partial charge in [-0.1, -0.05) is 38.5 Å². The molecule has 0 aliphatic heterocycles. The van der Waals surface area contributed by atoms with Crippen molar-refractivity contribution in [1.29, 1.82) is 0 Å². The molecule has 0 amide bonds. The van der Waals surface area contributed by atoms with Gasteiger partial charge in [-0.15, -0.1) is 11.3 Å². The van der Waals surface area contributed by atoms with Crippen molar-refractivity contribution in [3.05, 3.63) is 45.2 Å². The molecule has 0 aliphatic carbocycles. The minimum Gasteiger partial charge on any atom is -0.309 e. The fourth-order valence-corrected chi connectivity index (χ4v) is 4.23. The second kappa shape index (κ2) is 8.11. The lowest BCUT2D eigenvalue weighted by atomic mass is 10.1. The van der Waals surface area contributed by atoms with E-state index >= 15 is 0 Å². The molecular formula is C18H24BrNS. The van der Waals surface area contributed by atoms with E-state index in [-0.39, 0.29) is 0 Å². The third-order valence-electron chi connectivity index (χ3n) is 3.65. The van der Waals surface area contributed by atoms with Crippen molar-refractivity contribution in [2.24, 2.45) is 0 Å². The van der Waals surface area contributed by atoms with Crippen molar-refractivity contribution in [3.8, 4) is 10.4 Å². The summed E-state index contributed by atoms with van der Waals surface area (Å²) < 4.78 is 1.21. The average molecular weight is 366 g/mol. The number of hydrogen-bond acceptors (Lipinski definition) is 2. The highest BCUT2D eigenvalue weighted by atomic mass is 79.9. The van der Waals surface area contributed by atoms with E-state index in [4.69, 9.17) is 0 Å². The van der Waals surface area contributed by atoms with Crippen LogP contribution in [0, 0.1) is 6.92 Å². The number of halogens is 1. The number of nitrogens with one attached hydrogen (secondary N) is 1. The molecule has 2 rings (SSSR count). The Labute approximate surface area is 140 Å². The Balaban J connectivity index is 2.25. The molecule has 0 saturated carbocycles. The van der Waals surface area contributed by atoms with Crippen LogP contribution < -0.4 is 5.32 Å². The van der Waals surface area contributed by atoms with Crippen LogP contribution in [0.4, 0.5) is 0 Å². The van der Waals surface area contributed by atoms with Gasteiger partial charge < -0.3 is 5.32 Å². The topological polar surface area (TPSA) is 12.0 Å². The molecule has 2 aromatic rings. The predicted octanol–water partition coefficient (Wildman–Crippen LogP) is 6.33. The summed E-state index contributed by atoms with van der Waals surface area (Å²) in [6, 6.07) is 11.5. The molecule has 21 heavy (non-hydrogen) atoms. The number of aryl methyl sites for hydroxylation is 1. The summed E-state index contributed by atoms with van der Waals surface area (Å²) in [6.07, 6.45) is 3.60. The Bertz CT molecular complexity index is 576. The summed E-state index contributed by atoms with van der Waals surface area (Å²) in [6.45, 7) is 7.71. The van der Waals surface area contributed by atoms with Crippen LogP contribution in [0.25, 0.3) is 10.4 Å². The summed E-state index contributed by atoms with van der Waals surface area (Å²) in [5, 5.41) is 3.68. The normalized spacial score (nSPS) is 12.6. The first kappa shape index (κ1) is 16.7. The molecule has 0 fully saturated rings. The van der Waals surface area contributed by atoms with Crippen molar-refractivity contribution in [1.82, 2.24) is 5.32 Å². The van der Waals surface area contributed by atoms with Crippen molar-refractivity contribution >= 4 is 27.3 Å². The molecule has 0 saturated heterocycles. The summed E-state index contributed by atoms with van der Waals surface area (Å²) in [5.41, 5.74) is 2.59. The molecular weight excluding hydrogens is 342 g/mol. The monoisotopic (exact) mass is 365 g/mol. The third kappa shape index (κ3) is 4.18. The second-order valence-electron chi connectivity index (χ2n) is 5.43. The number of benzene rings is 1. The third-order valence-corrected chi connectivity index (χ3v) is 5.93. The van der Waals surface area contributed by atoms with Gasteiger partial charge in [-0.05, 0) is 59.9 Å². The van der Waals surface area contributed by atoms with Gasteiger partial charge in [-0.2, -0.15) is 0 Å². The zero-order valence-electron chi connectivity index (χ0n) is 13.1. The van der Waals surface area contributed by atoms with Crippen molar-refractivity contribution in [2.75, 3.05) is 6.54 Å². The van der Waals surface area contributed by atoms with Crippen LogP contribution in [0.3, 0.4) is 0 Å². The van der Waals surface area contributed by atoms with Gasteiger partial charge in [0.05, 0.1) is 0 Å². The first-order chi connectivity index (χ1) is 10.2. The Hall–Kier alpha value is -0.640. The standard InChI is InChI=1S/C18H24BrNS/c1-4-7-15(20-12-5-2)17-11-10-16(21-17)14-9-6-8-13(3)18(14)19/h6,8-11,15,20H,4-5,7,12H2,1-3H3. The van der Waals surface area contributed by atoms with Gasteiger partial charge in [0, 0.05) is 25.8 Å². The zero-order chi connectivity index (χ0) is 15.2. The van der Waals surface area contributed by atoms with E-state index < -0.39 is 0 Å². The van der Waals surface area contributed by atoms with E-state index in [0.29, 0.717) is 6.04 Å². The quantitative estimate of drug-likeness (QED) is 0.604. The molecule has 0 bridgehead atoms. The van der Waals surface area contributed by atoms with E-state index in [1.165, 1.54) is 44.6 Å². The smallest absolute Gasteiger partial charge is 0.0414 e. The Morgan fingerprint density at radius 2 is 1.95 bits per heavy atom. The summed E-state index contributed by atoms with van der Waals surface area (Å²) in [4.78, 5) is 2.80. The molecule has 3 heteroatoms. The fraction of sp³-hybridized carbons (Fsp3) is 0.444. The van der Waals surface area contributed by atoms with Gasteiger partial charge in [-0.3, -0.25) is 0 Å². The Morgan fingerprint density at radius 1 is 1.14 bits per heavy atom. The lowest BCUT2D eigenvalue weighted by molar-refractivity contribution is 0.501.